The molecule has 5 nitrogen and oxygen atoms in total. The van der Waals surface area contributed by atoms with E-state index in [1.807, 2.05) is 13.0 Å². The smallest absolute Gasteiger partial charge is 0.274 e. The van der Waals surface area contributed by atoms with E-state index in [2.05, 4.69) is 20.6 Å². The van der Waals surface area contributed by atoms with Gasteiger partial charge < -0.3 is 10.6 Å². The Kier molecular flexibility index (Phi) is 3.86. The minimum Gasteiger partial charge on any atom is -0.385 e. The summed E-state index contributed by atoms with van der Waals surface area (Å²) < 4.78 is 0. The van der Waals surface area contributed by atoms with Crippen molar-refractivity contribution in [3.8, 4) is 0 Å². The Balaban J connectivity index is 2.11. The highest BCUT2D eigenvalue weighted by Crippen LogP contribution is 2.10. The molecule has 0 spiro atoms. The zero-order valence-corrected chi connectivity index (χ0v) is 10.1. The molecule has 0 unspecified atom stereocenters. The quantitative estimate of drug-likeness (QED) is 0.862. The molecule has 18 heavy (non-hydrogen) atoms. The Bertz CT molecular complexity index is 528. The van der Waals surface area contributed by atoms with Crippen LogP contribution in [-0.2, 0) is 0 Å². The van der Waals surface area contributed by atoms with Crippen molar-refractivity contribution in [3.05, 3.63) is 48.5 Å². The van der Waals surface area contributed by atoms with Gasteiger partial charge in [0, 0.05) is 24.6 Å². The number of hydrogen-bond acceptors (Lipinski definition) is 4. The van der Waals surface area contributed by atoms with Crippen molar-refractivity contribution >= 4 is 17.3 Å². The molecule has 2 aromatic heterocycles. The lowest BCUT2D eigenvalue weighted by molar-refractivity contribution is 0.102. The Morgan fingerprint density at radius 3 is 2.89 bits per heavy atom. The van der Waals surface area contributed by atoms with Gasteiger partial charge in [-0.2, -0.15) is 0 Å². The topological polar surface area (TPSA) is 66.9 Å². The van der Waals surface area contributed by atoms with E-state index in [1.165, 1.54) is 0 Å². The molecule has 0 bridgehead atoms. The molecule has 0 radical (unpaired) electrons. The fraction of sp³-hybridized carbons (Fsp3) is 0.154. The van der Waals surface area contributed by atoms with E-state index in [-0.39, 0.29) is 5.91 Å². The molecule has 0 aliphatic carbocycles. The third-order valence-corrected chi connectivity index (χ3v) is 2.29. The number of carbonyl (C=O) groups excluding carboxylic acids is 1. The largest absolute Gasteiger partial charge is 0.385 e. The normalized spacial score (nSPS) is 9.83. The molecule has 0 fully saturated rings. The summed E-state index contributed by atoms with van der Waals surface area (Å²) in [6, 6.07) is 7.08. The van der Waals surface area contributed by atoms with Gasteiger partial charge in [0.05, 0.1) is 11.9 Å². The molecule has 0 atom stereocenters. The van der Waals surface area contributed by atoms with Crippen molar-refractivity contribution in [2.24, 2.45) is 0 Å². The van der Waals surface area contributed by atoms with Crippen LogP contribution in [0.3, 0.4) is 0 Å². The second-order valence-corrected chi connectivity index (χ2v) is 3.66. The first-order valence-electron chi connectivity index (χ1n) is 5.71. The molecule has 0 saturated heterocycles. The van der Waals surface area contributed by atoms with Crippen LogP contribution in [0.4, 0.5) is 11.4 Å². The number of carbonyl (C=O) groups is 1. The van der Waals surface area contributed by atoms with Crippen molar-refractivity contribution in [1.82, 2.24) is 9.97 Å². The first kappa shape index (κ1) is 12.0. The standard InChI is InChI=1S/C13H14N4O/c1-2-15-10-5-7-16-12(8-10)13(18)17-11-4-3-6-14-9-11/h3-9H,2H2,1H3,(H,15,16)(H,17,18). The lowest BCUT2D eigenvalue weighted by Crippen LogP contribution is -2.14. The Morgan fingerprint density at radius 1 is 1.28 bits per heavy atom. The second kappa shape index (κ2) is 5.77. The Labute approximate surface area is 105 Å². The fourth-order valence-corrected chi connectivity index (χ4v) is 1.50. The van der Waals surface area contributed by atoms with Crippen LogP contribution in [0.2, 0.25) is 0 Å². The maximum atomic E-state index is 11.9. The van der Waals surface area contributed by atoms with Crippen molar-refractivity contribution < 1.29 is 4.79 Å². The summed E-state index contributed by atoms with van der Waals surface area (Å²) in [4.78, 5) is 19.9. The molecular formula is C13H14N4O. The van der Waals surface area contributed by atoms with Crippen LogP contribution in [0, 0.1) is 0 Å². The van der Waals surface area contributed by atoms with Gasteiger partial charge in [-0.1, -0.05) is 0 Å². The van der Waals surface area contributed by atoms with Gasteiger partial charge in [-0.25, -0.2) is 0 Å². The lowest BCUT2D eigenvalue weighted by Gasteiger charge is -2.06. The summed E-state index contributed by atoms with van der Waals surface area (Å²) in [6.45, 7) is 2.80. The minimum atomic E-state index is -0.247. The van der Waals surface area contributed by atoms with E-state index in [9.17, 15) is 4.79 Å². The number of amides is 1. The number of aromatic nitrogens is 2. The molecule has 0 aliphatic rings. The third-order valence-electron chi connectivity index (χ3n) is 2.29. The maximum absolute atomic E-state index is 11.9. The molecule has 92 valence electrons. The van der Waals surface area contributed by atoms with Gasteiger partial charge in [-0.15, -0.1) is 0 Å². The second-order valence-electron chi connectivity index (χ2n) is 3.66. The number of anilines is 2. The number of nitrogens with zero attached hydrogens (tertiary/aromatic N) is 2. The van der Waals surface area contributed by atoms with E-state index < -0.39 is 0 Å². The number of rotatable bonds is 4. The molecule has 2 N–H and O–H groups in total. The van der Waals surface area contributed by atoms with Gasteiger partial charge in [-0.3, -0.25) is 14.8 Å². The third kappa shape index (κ3) is 3.04. The van der Waals surface area contributed by atoms with E-state index in [1.54, 1.807) is 36.8 Å². The molecule has 0 aromatic carbocycles. The summed E-state index contributed by atoms with van der Waals surface area (Å²) >= 11 is 0. The summed E-state index contributed by atoms with van der Waals surface area (Å²) in [6.07, 6.45) is 4.85. The molecule has 0 aliphatic heterocycles. The van der Waals surface area contributed by atoms with Gasteiger partial charge in [0.15, 0.2) is 0 Å². The molecule has 5 heteroatoms. The molecular weight excluding hydrogens is 228 g/mol. The number of hydrogen-bond donors (Lipinski definition) is 2. The number of pyridine rings is 2. The molecule has 2 aromatic rings. The van der Waals surface area contributed by atoms with Crippen molar-refractivity contribution in [2.75, 3.05) is 17.2 Å². The van der Waals surface area contributed by atoms with E-state index in [0.717, 1.165) is 12.2 Å². The molecule has 1 amide bonds. The van der Waals surface area contributed by atoms with E-state index in [4.69, 9.17) is 0 Å². The van der Waals surface area contributed by atoms with Crippen LogP contribution in [0.15, 0.2) is 42.9 Å². The molecule has 2 rings (SSSR count). The zero-order valence-electron chi connectivity index (χ0n) is 10.1. The zero-order chi connectivity index (χ0) is 12.8. The van der Waals surface area contributed by atoms with Crippen molar-refractivity contribution in [3.63, 3.8) is 0 Å². The molecule has 2 heterocycles. The van der Waals surface area contributed by atoms with Crippen LogP contribution in [0.1, 0.15) is 17.4 Å². The highest BCUT2D eigenvalue weighted by atomic mass is 16.1. The summed E-state index contributed by atoms with van der Waals surface area (Å²) in [5.41, 5.74) is 1.90. The highest BCUT2D eigenvalue weighted by Gasteiger charge is 2.08. The fourth-order valence-electron chi connectivity index (χ4n) is 1.50. The van der Waals surface area contributed by atoms with Crippen LogP contribution in [-0.4, -0.2) is 22.4 Å². The average molecular weight is 242 g/mol. The van der Waals surface area contributed by atoms with Crippen molar-refractivity contribution in [2.45, 2.75) is 6.92 Å². The average Bonchev–Trinajstić information content (AvgIpc) is 2.40. The predicted octanol–water partition coefficient (Wildman–Crippen LogP) is 2.16. The molecule has 0 saturated carbocycles. The van der Waals surface area contributed by atoms with Gasteiger partial charge in [0.25, 0.3) is 5.91 Å². The Hall–Kier alpha value is -2.43. The van der Waals surface area contributed by atoms with E-state index in [0.29, 0.717) is 11.4 Å². The van der Waals surface area contributed by atoms with Gasteiger partial charge >= 0.3 is 0 Å². The van der Waals surface area contributed by atoms with Gasteiger partial charge in [0.2, 0.25) is 0 Å². The number of nitrogens with one attached hydrogen (secondary N) is 2. The van der Waals surface area contributed by atoms with Crippen LogP contribution < -0.4 is 10.6 Å². The highest BCUT2D eigenvalue weighted by molar-refractivity contribution is 6.03. The SMILES string of the molecule is CCNc1ccnc(C(=O)Nc2cccnc2)c1. The lowest BCUT2D eigenvalue weighted by atomic mass is 10.3. The Morgan fingerprint density at radius 2 is 2.17 bits per heavy atom. The van der Waals surface area contributed by atoms with Gasteiger partial charge in [0.1, 0.15) is 5.69 Å². The monoisotopic (exact) mass is 242 g/mol. The van der Waals surface area contributed by atoms with E-state index >= 15 is 0 Å². The van der Waals surface area contributed by atoms with Crippen molar-refractivity contribution in [1.29, 1.82) is 0 Å². The van der Waals surface area contributed by atoms with Gasteiger partial charge in [-0.05, 0) is 31.2 Å². The predicted molar refractivity (Wildman–Crippen MR) is 70.6 cm³/mol. The summed E-state index contributed by atoms with van der Waals surface area (Å²) in [5.74, 6) is -0.247. The first-order chi connectivity index (χ1) is 8.79. The van der Waals surface area contributed by atoms with Crippen LogP contribution >= 0.6 is 0 Å². The minimum absolute atomic E-state index is 0.247. The van der Waals surface area contributed by atoms with Crippen LogP contribution in [0.5, 0.6) is 0 Å². The van der Waals surface area contributed by atoms with Crippen LogP contribution in [0.25, 0.3) is 0 Å². The summed E-state index contributed by atoms with van der Waals surface area (Å²) in [5, 5.41) is 5.87. The summed E-state index contributed by atoms with van der Waals surface area (Å²) in [7, 11) is 0. The maximum Gasteiger partial charge on any atom is 0.274 e. The first-order valence-corrected chi connectivity index (χ1v) is 5.71.